The molecule has 0 radical (unpaired) electrons. The number of aryl methyl sites for hydroxylation is 1. The number of amides is 4. The van der Waals surface area contributed by atoms with Crippen LogP contribution in [0.4, 0.5) is 4.79 Å². The van der Waals surface area contributed by atoms with Gasteiger partial charge in [-0.3, -0.25) is 9.59 Å². The molecule has 1 aromatic carbocycles. The van der Waals surface area contributed by atoms with E-state index in [1.807, 2.05) is 25.1 Å². The Morgan fingerprint density at radius 3 is 2.34 bits per heavy atom. The summed E-state index contributed by atoms with van der Waals surface area (Å²) in [7, 11) is 0. The average molecular weight is 400 g/mol. The van der Waals surface area contributed by atoms with E-state index < -0.39 is 17.6 Å². The fourth-order valence-corrected chi connectivity index (χ4v) is 4.42. The van der Waals surface area contributed by atoms with Crippen molar-refractivity contribution in [2.45, 2.75) is 89.3 Å². The summed E-state index contributed by atoms with van der Waals surface area (Å²) in [6, 6.07) is 8.84. The summed E-state index contributed by atoms with van der Waals surface area (Å²) in [5.74, 6) is -0.513. The number of urea groups is 1. The predicted molar refractivity (Wildman–Crippen MR) is 112 cm³/mol. The van der Waals surface area contributed by atoms with Crippen molar-refractivity contribution >= 4 is 17.8 Å². The van der Waals surface area contributed by atoms with Gasteiger partial charge in [0.25, 0.3) is 5.91 Å². The van der Waals surface area contributed by atoms with E-state index in [0.29, 0.717) is 12.8 Å². The molecule has 29 heavy (non-hydrogen) atoms. The number of nitrogens with one attached hydrogen (secondary N) is 2. The van der Waals surface area contributed by atoms with E-state index >= 15 is 0 Å². The van der Waals surface area contributed by atoms with Crippen molar-refractivity contribution < 1.29 is 14.4 Å². The van der Waals surface area contributed by atoms with Crippen LogP contribution in [-0.2, 0) is 16.0 Å². The monoisotopic (exact) mass is 399 g/mol. The first kappa shape index (κ1) is 21.3. The Kier molecular flexibility index (Phi) is 6.93. The minimum absolute atomic E-state index is 0.0405. The molecule has 2 aliphatic rings. The number of hydrogen-bond acceptors (Lipinski definition) is 3. The first-order valence-corrected chi connectivity index (χ1v) is 10.9. The average Bonchev–Trinajstić information content (AvgIpc) is 2.94. The quantitative estimate of drug-likeness (QED) is 0.718. The Bertz CT molecular complexity index is 726. The molecule has 1 aliphatic heterocycles. The van der Waals surface area contributed by atoms with Crippen LogP contribution in [0.5, 0.6) is 0 Å². The molecule has 1 spiro atoms. The van der Waals surface area contributed by atoms with Gasteiger partial charge < -0.3 is 10.6 Å². The van der Waals surface area contributed by atoms with Crippen molar-refractivity contribution in [2.24, 2.45) is 0 Å². The van der Waals surface area contributed by atoms with Gasteiger partial charge in [-0.15, -0.1) is 0 Å². The summed E-state index contributed by atoms with van der Waals surface area (Å²) >= 11 is 0. The molecule has 4 amide bonds. The molecule has 158 valence electrons. The Morgan fingerprint density at radius 2 is 1.69 bits per heavy atom. The summed E-state index contributed by atoms with van der Waals surface area (Å²) in [4.78, 5) is 39.7. The van der Waals surface area contributed by atoms with E-state index in [1.54, 1.807) is 6.92 Å². The fourth-order valence-electron chi connectivity index (χ4n) is 4.42. The van der Waals surface area contributed by atoms with Crippen LogP contribution in [0.3, 0.4) is 0 Å². The van der Waals surface area contributed by atoms with Gasteiger partial charge in [0.15, 0.2) is 0 Å². The van der Waals surface area contributed by atoms with Gasteiger partial charge in [-0.1, -0.05) is 62.4 Å². The Labute approximate surface area is 173 Å². The highest BCUT2D eigenvalue weighted by Gasteiger charge is 2.52. The maximum Gasteiger partial charge on any atom is 0.325 e. The molecule has 2 fully saturated rings. The van der Waals surface area contributed by atoms with Gasteiger partial charge in [0, 0.05) is 6.04 Å². The summed E-state index contributed by atoms with van der Waals surface area (Å²) < 4.78 is 0. The summed E-state index contributed by atoms with van der Waals surface area (Å²) in [5.41, 5.74) is 0.410. The molecule has 6 heteroatoms. The number of nitrogens with zero attached hydrogens (tertiary/aromatic N) is 1. The van der Waals surface area contributed by atoms with Gasteiger partial charge in [0.1, 0.15) is 11.6 Å². The zero-order chi connectivity index (χ0) is 20.9. The normalized spacial score (nSPS) is 21.2. The minimum Gasteiger partial charge on any atom is -0.352 e. The predicted octanol–water partition coefficient (Wildman–Crippen LogP) is 3.55. The standard InChI is InChI=1S/C23H33N3O3/c1-17(13-14-19-11-7-6-8-12-19)24-20(27)18(2)26-21(28)23(25-22(26)29)15-9-4-3-5-10-16-23/h6-8,11-12,17-18H,3-5,9-10,13-16H2,1-2H3,(H,24,27)(H,25,29)/t17-,18-/m0/s1. The van der Waals surface area contributed by atoms with Crippen LogP contribution in [0.1, 0.15) is 70.8 Å². The minimum atomic E-state index is -0.815. The third kappa shape index (κ3) is 4.98. The van der Waals surface area contributed by atoms with Gasteiger partial charge in [-0.25, -0.2) is 9.69 Å². The smallest absolute Gasteiger partial charge is 0.325 e. The van der Waals surface area contributed by atoms with E-state index in [1.165, 1.54) is 12.0 Å². The van der Waals surface area contributed by atoms with Gasteiger partial charge in [-0.2, -0.15) is 0 Å². The number of rotatable bonds is 6. The van der Waals surface area contributed by atoms with Gasteiger partial charge in [-0.05, 0) is 45.1 Å². The molecule has 2 N–H and O–H groups in total. The third-order valence-corrected chi connectivity index (χ3v) is 6.26. The van der Waals surface area contributed by atoms with Crippen LogP contribution in [0.2, 0.25) is 0 Å². The Balaban J connectivity index is 1.58. The molecule has 0 bridgehead atoms. The highest BCUT2D eigenvalue weighted by Crippen LogP contribution is 2.33. The Hall–Kier alpha value is -2.37. The number of imide groups is 1. The van der Waals surface area contributed by atoms with Crippen molar-refractivity contribution in [1.82, 2.24) is 15.5 Å². The lowest BCUT2D eigenvalue weighted by Crippen LogP contribution is -2.52. The lowest BCUT2D eigenvalue weighted by Gasteiger charge is -2.29. The molecular formula is C23H33N3O3. The first-order valence-electron chi connectivity index (χ1n) is 10.9. The van der Waals surface area contributed by atoms with E-state index in [9.17, 15) is 14.4 Å². The molecule has 1 heterocycles. The van der Waals surface area contributed by atoms with Crippen molar-refractivity contribution in [1.29, 1.82) is 0 Å². The second-order valence-electron chi connectivity index (χ2n) is 8.57. The zero-order valence-corrected chi connectivity index (χ0v) is 17.6. The Morgan fingerprint density at radius 1 is 1.07 bits per heavy atom. The molecule has 1 saturated heterocycles. The third-order valence-electron chi connectivity index (χ3n) is 6.26. The van der Waals surface area contributed by atoms with Crippen molar-refractivity contribution in [3.63, 3.8) is 0 Å². The molecule has 2 atom stereocenters. The van der Waals surface area contributed by atoms with Crippen LogP contribution in [0.15, 0.2) is 30.3 Å². The molecule has 6 nitrogen and oxygen atoms in total. The number of benzene rings is 1. The molecule has 1 saturated carbocycles. The van der Waals surface area contributed by atoms with Crippen LogP contribution in [-0.4, -0.2) is 40.4 Å². The van der Waals surface area contributed by atoms with Crippen LogP contribution >= 0.6 is 0 Å². The first-order chi connectivity index (χ1) is 13.9. The SMILES string of the molecule is C[C@@H](CCc1ccccc1)NC(=O)[C@H](C)N1C(=O)NC2(CCCCCCC2)C1=O. The van der Waals surface area contributed by atoms with Crippen LogP contribution in [0.25, 0.3) is 0 Å². The molecule has 1 aromatic rings. The van der Waals surface area contributed by atoms with Crippen LogP contribution < -0.4 is 10.6 Å². The van der Waals surface area contributed by atoms with E-state index in [2.05, 4.69) is 22.8 Å². The summed E-state index contributed by atoms with van der Waals surface area (Å²) in [5, 5.41) is 5.90. The number of carbonyl (C=O) groups is 3. The van der Waals surface area contributed by atoms with Crippen LogP contribution in [0, 0.1) is 0 Å². The molecular weight excluding hydrogens is 366 g/mol. The van der Waals surface area contributed by atoms with E-state index in [4.69, 9.17) is 0 Å². The number of hydrogen-bond donors (Lipinski definition) is 2. The second kappa shape index (κ2) is 9.42. The lowest BCUT2D eigenvalue weighted by atomic mass is 9.84. The van der Waals surface area contributed by atoms with Gasteiger partial charge in [0.2, 0.25) is 5.91 Å². The second-order valence-corrected chi connectivity index (χ2v) is 8.57. The van der Waals surface area contributed by atoms with Gasteiger partial charge in [0.05, 0.1) is 0 Å². The zero-order valence-electron chi connectivity index (χ0n) is 17.6. The largest absolute Gasteiger partial charge is 0.352 e. The van der Waals surface area contributed by atoms with E-state index in [0.717, 1.165) is 43.4 Å². The van der Waals surface area contributed by atoms with E-state index in [-0.39, 0.29) is 17.9 Å². The van der Waals surface area contributed by atoms with Crippen molar-refractivity contribution in [3.8, 4) is 0 Å². The molecule has 0 aromatic heterocycles. The molecule has 1 aliphatic carbocycles. The topological polar surface area (TPSA) is 78.5 Å². The van der Waals surface area contributed by atoms with Gasteiger partial charge >= 0.3 is 6.03 Å². The van der Waals surface area contributed by atoms with Crippen molar-refractivity contribution in [3.05, 3.63) is 35.9 Å². The molecule has 0 unspecified atom stereocenters. The number of carbonyl (C=O) groups excluding carboxylic acids is 3. The maximum absolute atomic E-state index is 13.2. The highest BCUT2D eigenvalue weighted by atomic mass is 16.2. The molecule has 3 rings (SSSR count). The van der Waals surface area contributed by atoms with Crippen molar-refractivity contribution in [2.75, 3.05) is 0 Å². The maximum atomic E-state index is 13.2. The fraction of sp³-hybridized carbons (Fsp3) is 0.609. The highest BCUT2D eigenvalue weighted by molar-refractivity contribution is 6.09. The summed E-state index contributed by atoms with van der Waals surface area (Å²) in [6.07, 6.45) is 8.19. The summed E-state index contributed by atoms with van der Waals surface area (Å²) in [6.45, 7) is 3.59. The lowest BCUT2D eigenvalue weighted by molar-refractivity contribution is -0.138.